The first kappa shape index (κ1) is 35.1. The molecule has 58 heavy (non-hydrogen) atoms. The van der Waals surface area contributed by atoms with Gasteiger partial charge in [0.15, 0.2) is 5.69 Å². The molecule has 0 atom stereocenters. The van der Waals surface area contributed by atoms with E-state index in [1.165, 1.54) is 33.4 Å². The molecule has 0 aliphatic heterocycles. The molecule has 3 heterocycles. The molecule has 3 aromatic heterocycles. The lowest BCUT2D eigenvalue weighted by molar-refractivity contribution is 1.06. The average molecular weight is 748 g/mol. The molecular formula is C53H41N5. The molecule has 0 radical (unpaired) electrons. The van der Waals surface area contributed by atoms with Gasteiger partial charge in [0.1, 0.15) is 5.82 Å². The summed E-state index contributed by atoms with van der Waals surface area (Å²) in [7, 11) is 0. The van der Waals surface area contributed by atoms with Crippen molar-refractivity contribution in [1.82, 2.24) is 19.1 Å². The first-order chi connectivity index (χ1) is 28.1. The Kier molecular flexibility index (Phi) is 8.14. The number of fused-ring (bicyclic) bond motifs is 6. The molecule has 0 bridgehead atoms. The summed E-state index contributed by atoms with van der Waals surface area (Å²) >= 11 is 0. The Labute approximate surface area is 338 Å². The minimum Gasteiger partial charge on any atom is -0.308 e. The van der Waals surface area contributed by atoms with Gasteiger partial charge in [-0.3, -0.25) is 0 Å². The summed E-state index contributed by atoms with van der Waals surface area (Å²) in [6.07, 6.45) is 0. The van der Waals surface area contributed by atoms with Crippen LogP contribution in [0, 0.1) is 48.1 Å². The molecule has 0 unspecified atom stereocenters. The van der Waals surface area contributed by atoms with Crippen molar-refractivity contribution in [3.05, 3.63) is 185 Å². The van der Waals surface area contributed by atoms with Gasteiger partial charge < -0.3 is 9.13 Å². The maximum Gasteiger partial charge on any atom is 0.200 e. The highest BCUT2D eigenvalue weighted by Gasteiger charge is 2.24. The van der Waals surface area contributed by atoms with Crippen molar-refractivity contribution in [2.75, 3.05) is 0 Å². The highest BCUT2D eigenvalue weighted by molar-refractivity contribution is 6.13. The fourth-order valence-corrected chi connectivity index (χ4v) is 9.14. The maximum absolute atomic E-state index is 8.59. The zero-order valence-electron chi connectivity index (χ0n) is 33.5. The van der Waals surface area contributed by atoms with Crippen molar-refractivity contribution in [3.8, 4) is 45.0 Å². The van der Waals surface area contributed by atoms with E-state index in [9.17, 15) is 0 Å². The van der Waals surface area contributed by atoms with E-state index in [1.807, 2.05) is 19.9 Å². The van der Waals surface area contributed by atoms with Crippen LogP contribution < -0.4 is 0 Å². The Morgan fingerprint density at radius 2 is 0.845 bits per heavy atom. The van der Waals surface area contributed by atoms with Gasteiger partial charge >= 0.3 is 0 Å². The number of hydrogen-bond donors (Lipinski definition) is 0. The third kappa shape index (κ3) is 5.76. The molecule has 0 aliphatic rings. The molecule has 7 aromatic carbocycles. The van der Waals surface area contributed by atoms with Gasteiger partial charge in [-0.15, -0.1) is 0 Å². The summed E-state index contributed by atoms with van der Waals surface area (Å²) in [6, 6.07) is 50.6. The van der Waals surface area contributed by atoms with Crippen molar-refractivity contribution in [1.29, 1.82) is 0 Å². The Bertz CT molecular complexity index is 3310. The molecule has 0 spiro atoms. The van der Waals surface area contributed by atoms with E-state index in [-0.39, 0.29) is 0 Å². The van der Waals surface area contributed by atoms with Crippen molar-refractivity contribution in [2.45, 2.75) is 41.5 Å². The molecule has 0 fully saturated rings. The van der Waals surface area contributed by atoms with Crippen LogP contribution >= 0.6 is 0 Å². The number of aryl methyl sites for hydroxylation is 6. The van der Waals surface area contributed by atoms with E-state index in [2.05, 4.69) is 175 Å². The highest BCUT2D eigenvalue weighted by atomic mass is 15.1. The normalized spacial score (nSPS) is 11.6. The molecule has 0 saturated carbocycles. The minimum absolute atomic E-state index is 0.497. The lowest BCUT2D eigenvalue weighted by Gasteiger charge is -2.20. The zero-order valence-corrected chi connectivity index (χ0v) is 33.5. The standard InChI is InChI=1S/C53H41N5/c1-31-20-32(2)23-39(22-31)37-16-18-43-41-12-8-10-14-47(41)57(49(43)27-37)51-29-45(53-55-35(5)26-36(6)56-53)46(54-7)30-52(51)58-48-15-11-9-13-42(48)44-19-17-38(28-50(44)58)40-24-33(3)21-34(4)25-40/h8-30H,1-6H3. The molecule has 5 nitrogen and oxygen atoms in total. The van der Waals surface area contributed by atoms with E-state index in [4.69, 9.17) is 16.5 Å². The first-order valence-electron chi connectivity index (χ1n) is 19.8. The quantitative estimate of drug-likeness (QED) is 0.165. The monoisotopic (exact) mass is 747 g/mol. The van der Waals surface area contributed by atoms with Crippen molar-refractivity contribution < 1.29 is 0 Å². The van der Waals surface area contributed by atoms with Crippen LogP contribution in [0.15, 0.2) is 140 Å². The number of para-hydroxylation sites is 2. The largest absolute Gasteiger partial charge is 0.308 e. The van der Waals surface area contributed by atoms with E-state index in [0.29, 0.717) is 17.1 Å². The van der Waals surface area contributed by atoms with Crippen molar-refractivity contribution in [3.63, 3.8) is 0 Å². The molecule has 5 heteroatoms. The average Bonchev–Trinajstić information content (AvgIpc) is 3.71. The summed E-state index contributed by atoms with van der Waals surface area (Å²) in [6.45, 7) is 21.2. The molecular weight excluding hydrogens is 707 g/mol. The van der Waals surface area contributed by atoms with Crippen LogP contribution in [0.1, 0.15) is 33.6 Å². The molecule has 10 rings (SSSR count). The SMILES string of the molecule is [C-]#[N+]c1cc(-n2c3ccccc3c3ccc(-c4cc(C)cc(C)c4)cc32)c(-n2c3ccccc3c3ccc(-c4cc(C)cc(C)c4)cc32)cc1-c1nc(C)cc(C)n1. The number of aromatic nitrogens is 4. The van der Waals surface area contributed by atoms with E-state index >= 15 is 0 Å². The molecule has 0 N–H and O–H groups in total. The summed E-state index contributed by atoms with van der Waals surface area (Å²) in [5, 5.41) is 4.63. The van der Waals surface area contributed by atoms with E-state index in [1.54, 1.807) is 0 Å². The number of nitrogens with zero attached hydrogens (tertiary/aromatic N) is 5. The molecule has 0 saturated heterocycles. The second-order valence-corrected chi connectivity index (χ2v) is 15.9. The van der Waals surface area contributed by atoms with Gasteiger partial charge in [-0.1, -0.05) is 119 Å². The number of benzene rings is 7. The van der Waals surface area contributed by atoms with Gasteiger partial charge in [-0.2, -0.15) is 0 Å². The van der Waals surface area contributed by atoms with Crippen LogP contribution in [-0.2, 0) is 0 Å². The Morgan fingerprint density at radius 3 is 1.31 bits per heavy atom. The van der Waals surface area contributed by atoms with Crippen LogP contribution in [0.25, 0.3) is 93.5 Å². The molecule has 10 aromatic rings. The van der Waals surface area contributed by atoms with E-state index in [0.717, 1.165) is 77.5 Å². The smallest absolute Gasteiger partial charge is 0.200 e. The van der Waals surface area contributed by atoms with Crippen molar-refractivity contribution in [2.24, 2.45) is 0 Å². The Morgan fingerprint density at radius 1 is 0.414 bits per heavy atom. The summed E-state index contributed by atoms with van der Waals surface area (Å²) in [5.41, 5.74) is 18.7. The lowest BCUT2D eigenvalue weighted by atomic mass is 9.99. The van der Waals surface area contributed by atoms with E-state index < -0.39 is 0 Å². The van der Waals surface area contributed by atoms with Crippen LogP contribution in [-0.4, -0.2) is 19.1 Å². The van der Waals surface area contributed by atoms with Gasteiger partial charge in [-0.25, -0.2) is 14.8 Å². The fraction of sp³-hybridized carbons (Fsp3) is 0.113. The third-order valence-electron chi connectivity index (χ3n) is 11.4. The van der Waals surface area contributed by atoms with Gasteiger partial charge in [0.2, 0.25) is 0 Å². The Balaban J connectivity index is 1.36. The predicted octanol–water partition coefficient (Wildman–Crippen LogP) is 14.1. The number of hydrogen-bond acceptors (Lipinski definition) is 2. The van der Waals surface area contributed by atoms with Crippen LogP contribution in [0.4, 0.5) is 5.69 Å². The third-order valence-corrected chi connectivity index (χ3v) is 11.4. The maximum atomic E-state index is 8.59. The summed E-state index contributed by atoms with van der Waals surface area (Å²) < 4.78 is 4.75. The summed E-state index contributed by atoms with van der Waals surface area (Å²) in [5.74, 6) is 0.548. The van der Waals surface area contributed by atoms with Crippen LogP contribution in [0.2, 0.25) is 0 Å². The topological polar surface area (TPSA) is 40.0 Å². The highest BCUT2D eigenvalue weighted by Crippen LogP contribution is 2.44. The van der Waals surface area contributed by atoms with Gasteiger partial charge in [0.25, 0.3) is 0 Å². The van der Waals surface area contributed by atoms with Crippen molar-refractivity contribution >= 4 is 49.3 Å². The van der Waals surface area contributed by atoms with Gasteiger partial charge in [0.05, 0.1) is 40.0 Å². The zero-order chi connectivity index (χ0) is 39.8. The molecule has 278 valence electrons. The Hall–Kier alpha value is -7.29. The second-order valence-electron chi connectivity index (χ2n) is 15.9. The predicted molar refractivity (Wildman–Crippen MR) is 242 cm³/mol. The molecule has 0 amide bonds. The second kappa shape index (κ2) is 13.4. The number of rotatable bonds is 5. The minimum atomic E-state index is 0.497. The van der Waals surface area contributed by atoms with Gasteiger partial charge in [0, 0.05) is 38.5 Å². The summed E-state index contributed by atoms with van der Waals surface area (Å²) in [4.78, 5) is 14.0. The van der Waals surface area contributed by atoms with Crippen LogP contribution in [0.3, 0.4) is 0 Å². The van der Waals surface area contributed by atoms with Gasteiger partial charge in [-0.05, 0) is 106 Å². The lowest BCUT2D eigenvalue weighted by Crippen LogP contribution is -2.05. The first-order valence-corrected chi connectivity index (χ1v) is 19.8. The van der Waals surface area contributed by atoms with Crippen LogP contribution in [0.5, 0.6) is 0 Å². The fourth-order valence-electron chi connectivity index (χ4n) is 9.14. The molecule has 0 aliphatic carbocycles.